The second kappa shape index (κ2) is 38.3. The molecule has 0 amide bonds. The van der Waals surface area contributed by atoms with Crippen LogP contribution in [0.2, 0.25) is 0 Å². The van der Waals surface area contributed by atoms with Crippen LogP contribution in [0.4, 0.5) is 0 Å². The monoisotopic (exact) mass is 803 g/mol. The minimum absolute atomic E-state index is 0.118. The average molecular weight is 804 g/mol. The van der Waals surface area contributed by atoms with Crippen molar-refractivity contribution in [2.24, 2.45) is 5.73 Å². The molecule has 0 saturated carbocycles. The first kappa shape index (κ1) is 52.4. The molecule has 0 aliphatic heterocycles. The van der Waals surface area contributed by atoms with E-state index in [9.17, 15) is 23.8 Å². The maximum absolute atomic E-state index is 12.6. The van der Waals surface area contributed by atoms with Gasteiger partial charge in [-0.05, 0) is 89.9 Å². The molecule has 0 bridgehead atoms. The molecule has 0 spiro atoms. The van der Waals surface area contributed by atoms with E-state index in [-0.39, 0.29) is 19.4 Å². The van der Waals surface area contributed by atoms with Gasteiger partial charge in [0.2, 0.25) is 0 Å². The summed E-state index contributed by atoms with van der Waals surface area (Å²) in [5.41, 5.74) is 5.32. The van der Waals surface area contributed by atoms with Gasteiger partial charge in [-0.15, -0.1) is 0 Å². The van der Waals surface area contributed by atoms with Gasteiger partial charge in [-0.3, -0.25) is 23.4 Å². The van der Waals surface area contributed by atoms with Crippen molar-refractivity contribution >= 4 is 25.7 Å². The molecule has 316 valence electrons. The molecule has 11 nitrogen and oxygen atoms in total. The summed E-state index contributed by atoms with van der Waals surface area (Å²) in [5, 5.41) is 8.88. The number of carboxylic acid groups (broad SMARTS) is 1. The molecule has 0 radical (unpaired) electrons. The molecular formula is C44H70NO10P. The van der Waals surface area contributed by atoms with Crippen LogP contribution in [0.3, 0.4) is 0 Å². The molecule has 0 heterocycles. The fourth-order valence-corrected chi connectivity index (χ4v) is 5.47. The van der Waals surface area contributed by atoms with Gasteiger partial charge in [-0.2, -0.15) is 0 Å². The Morgan fingerprint density at radius 3 is 1.43 bits per heavy atom. The highest BCUT2D eigenvalue weighted by molar-refractivity contribution is 7.47. The first-order chi connectivity index (χ1) is 27.1. The van der Waals surface area contributed by atoms with E-state index < -0.39 is 51.1 Å². The molecular weight excluding hydrogens is 733 g/mol. The highest BCUT2D eigenvalue weighted by atomic mass is 31.2. The Morgan fingerprint density at radius 1 is 0.554 bits per heavy atom. The first-order valence-corrected chi connectivity index (χ1v) is 21.8. The molecule has 0 saturated heterocycles. The number of rotatable bonds is 36. The van der Waals surface area contributed by atoms with Gasteiger partial charge < -0.3 is 25.2 Å². The molecule has 0 fully saturated rings. The standard InChI is InChI=1S/C44H70NO10P/c1-3-5-7-9-11-13-15-17-19-20-22-24-26-28-30-32-34-36-43(47)55-40(38-53-56(50,51)54-39-41(45)44(48)49)37-52-42(46)35-33-31-29-27-25-23-21-18-16-14-12-10-8-6-4-2/h5-8,11-14,17-19,21-22,24-25,27,40-41H,3-4,9-10,15-16,20,23,26,28-39,45H2,1-2H3,(H,48,49)(H,50,51)/b7-5-,8-6-,13-11-,14-12-,19-17-,21-18-,24-22-,27-25-/t40-,41+/m1/s1. The Kier molecular flexibility index (Phi) is 35.8. The SMILES string of the molecule is CC/C=C\C/C=C\C/C=C\C/C=C\CCCCCCC(=O)O[C@H](COC(=O)CCCC/C=C\C/C=C\C/C=C\C/C=C\CC)COP(=O)(O)OC[C@H](N)C(=O)O. The average Bonchev–Trinajstić information content (AvgIpc) is 3.17. The van der Waals surface area contributed by atoms with Crippen molar-refractivity contribution in [1.29, 1.82) is 0 Å². The lowest BCUT2D eigenvalue weighted by atomic mass is 10.1. The number of phosphoric ester groups is 1. The lowest BCUT2D eigenvalue weighted by Gasteiger charge is -2.20. The van der Waals surface area contributed by atoms with Crippen molar-refractivity contribution in [3.63, 3.8) is 0 Å². The maximum Gasteiger partial charge on any atom is 0.472 e. The van der Waals surface area contributed by atoms with Crippen LogP contribution in [-0.4, -0.2) is 59.9 Å². The number of esters is 2. The van der Waals surface area contributed by atoms with Gasteiger partial charge in [-0.1, -0.05) is 124 Å². The Hall–Kier alpha value is -3.60. The second-order valence-corrected chi connectivity index (χ2v) is 14.5. The summed E-state index contributed by atoms with van der Waals surface area (Å²) in [7, 11) is -4.74. The zero-order valence-electron chi connectivity index (χ0n) is 33.9. The van der Waals surface area contributed by atoms with E-state index in [1.165, 1.54) is 0 Å². The number of aliphatic carboxylic acids is 1. The van der Waals surface area contributed by atoms with Crippen LogP contribution in [0.15, 0.2) is 97.2 Å². The Bertz CT molecular complexity index is 1310. The van der Waals surface area contributed by atoms with E-state index in [1.807, 2.05) is 0 Å². The lowest BCUT2D eigenvalue weighted by Crippen LogP contribution is -2.34. The van der Waals surface area contributed by atoms with Gasteiger partial charge in [0.15, 0.2) is 6.10 Å². The van der Waals surface area contributed by atoms with Gasteiger partial charge in [0, 0.05) is 12.8 Å². The van der Waals surface area contributed by atoms with E-state index in [2.05, 4.69) is 116 Å². The van der Waals surface area contributed by atoms with Crippen LogP contribution >= 0.6 is 7.82 Å². The summed E-state index contributed by atoms with van der Waals surface area (Å²) >= 11 is 0. The fourth-order valence-electron chi connectivity index (χ4n) is 4.69. The number of hydrogen-bond acceptors (Lipinski definition) is 9. The third-order valence-electron chi connectivity index (χ3n) is 7.83. The topological polar surface area (TPSA) is 172 Å². The Balaban J connectivity index is 4.55. The summed E-state index contributed by atoms with van der Waals surface area (Å²) in [4.78, 5) is 45.9. The highest BCUT2D eigenvalue weighted by Gasteiger charge is 2.28. The molecule has 3 atom stereocenters. The predicted octanol–water partition coefficient (Wildman–Crippen LogP) is 10.5. The van der Waals surface area contributed by atoms with Crippen molar-refractivity contribution in [2.75, 3.05) is 19.8 Å². The number of carbonyl (C=O) groups is 3. The molecule has 56 heavy (non-hydrogen) atoms. The summed E-state index contributed by atoms with van der Waals surface area (Å²) in [6.07, 6.45) is 47.6. The number of allylic oxidation sites excluding steroid dienone is 16. The van der Waals surface area contributed by atoms with Gasteiger partial charge in [0.05, 0.1) is 13.2 Å². The van der Waals surface area contributed by atoms with Gasteiger partial charge in [0.1, 0.15) is 12.6 Å². The minimum Gasteiger partial charge on any atom is -0.480 e. The van der Waals surface area contributed by atoms with Crippen molar-refractivity contribution < 1.29 is 47.5 Å². The van der Waals surface area contributed by atoms with Crippen molar-refractivity contribution in [3.8, 4) is 0 Å². The van der Waals surface area contributed by atoms with Gasteiger partial charge in [-0.25, -0.2) is 4.57 Å². The Morgan fingerprint density at radius 2 is 0.946 bits per heavy atom. The van der Waals surface area contributed by atoms with Crippen LogP contribution in [0, 0.1) is 0 Å². The quantitative estimate of drug-likeness (QED) is 0.0238. The predicted molar refractivity (Wildman–Crippen MR) is 226 cm³/mol. The molecule has 0 aliphatic carbocycles. The lowest BCUT2D eigenvalue weighted by molar-refractivity contribution is -0.161. The van der Waals surface area contributed by atoms with E-state index in [0.717, 1.165) is 89.9 Å². The maximum atomic E-state index is 12.6. The summed E-state index contributed by atoms with van der Waals surface area (Å²) in [6, 6.07) is -1.54. The zero-order valence-corrected chi connectivity index (χ0v) is 34.8. The van der Waals surface area contributed by atoms with Crippen molar-refractivity contribution in [3.05, 3.63) is 97.2 Å². The smallest absolute Gasteiger partial charge is 0.472 e. The normalized spacial score (nSPS) is 14.8. The third kappa shape index (κ3) is 37.3. The summed E-state index contributed by atoms with van der Waals surface area (Å²) < 4.78 is 32.6. The first-order valence-electron chi connectivity index (χ1n) is 20.3. The van der Waals surface area contributed by atoms with E-state index in [0.29, 0.717) is 12.8 Å². The molecule has 1 unspecified atom stereocenters. The fraction of sp³-hybridized carbons (Fsp3) is 0.568. The number of carboxylic acids is 1. The van der Waals surface area contributed by atoms with E-state index in [1.54, 1.807) is 0 Å². The van der Waals surface area contributed by atoms with Gasteiger partial charge in [0.25, 0.3) is 0 Å². The Labute approximate surface area is 336 Å². The number of hydrogen-bond donors (Lipinski definition) is 3. The zero-order chi connectivity index (χ0) is 41.4. The van der Waals surface area contributed by atoms with Crippen LogP contribution in [0.5, 0.6) is 0 Å². The minimum atomic E-state index is -4.74. The summed E-state index contributed by atoms with van der Waals surface area (Å²) in [6.45, 7) is 2.47. The van der Waals surface area contributed by atoms with Gasteiger partial charge >= 0.3 is 25.7 Å². The third-order valence-corrected chi connectivity index (χ3v) is 8.78. The molecule has 0 aliphatic rings. The highest BCUT2D eigenvalue weighted by Crippen LogP contribution is 2.43. The van der Waals surface area contributed by atoms with Crippen molar-refractivity contribution in [2.45, 2.75) is 142 Å². The number of phosphoric acid groups is 1. The molecule has 4 N–H and O–H groups in total. The van der Waals surface area contributed by atoms with Crippen LogP contribution in [0.1, 0.15) is 129 Å². The molecule has 12 heteroatoms. The number of ether oxygens (including phenoxy) is 2. The number of nitrogens with two attached hydrogens (primary N) is 1. The van der Waals surface area contributed by atoms with Crippen LogP contribution in [0.25, 0.3) is 0 Å². The van der Waals surface area contributed by atoms with Crippen LogP contribution in [-0.2, 0) is 37.5 Å². The molecule has 0 aromatic carbocycles. The van der Waals surface area contributed by atoms with E-state index in [4.69, 9.17) is 24.8 Å². The largest absolute Gasteiger partial charge is 0.480 e. The second-order valence-electron chi connectivity index (χ2n) is 13.0. The van der Waals surface area contributed by atoms with Crippen LogP contribution < -0.4 is 5.73 Å². The summed E-state index contributed by atoms with van der Waals surface area (Å²) in [5.74, 6) is -2.48. The number of carbonyl (C=O) groups excluding carboxylic acids is 2. The molecule has 0 rings (SSSR count). The molecule has 0 aromatic heterocycles. The molecule has 0 aromatic rings. The number of unbranched alkanes of at least 4 members (excludes halogenated alkanes) is 6. The van der Waals surface area contributed by atoms with E-state index >= 15 is 0 Å². The van der Waals surface area contributed by atoms with Crippen molar-refractivity contribution in [1.82, 2.24) is 0 Å².